The number of aromatic nitrogens is 4. The maximum absolute atomic E-state index is 12.1. The highest BCUT2D eigenvalue weighted by Gasteiger charge is 2.13. The van der Waals surface area contributed by atoms with Crippen LogP contribution in [0, 0.1) is 0 Å². The Morgan fingerprint density at radius 2 is 1.46 bits per heavy atom. The number of rotatable bonds is 12. The van der Waals surface area contributed by atoms with E-state index in [1.54, 1.807) is 18.8 Å². The molecule has 26 heavy (non-hydrogen) atoms. The van der Waals surface area contributed by atoms with Crippen molar-refractivity contribution in [2.45, 2.75) is 76.3 Å². The van der Waals surface area contributed by atoms with Crippen molar-refractivity contribution < 1.29 is 0 Å². The number of imidazole rings is 1. The third-order valence-electron chi connectivity index (χ3n) is 4.81. The van der Waals surface area contributed by atoms with Gasteiger partial charge in [0, 0.05) is 19.8 Å². The molecule has 2 aromatic rings. The number of nitrogens with one attached hydrogen (secondary N) is 1. The Hall–Kier alpha value is -1.50. The van der Waals surface area contributed by atoms with E-state index in [1.165, 1.54) is 69.4 Å². The predicted octanol–water partition coefficient (Wildman–Crippen LogP) is 3.97. The molecule has 0 aromatic carbocycles. The number of fused-ring (bicyclic) bond motifs is 1. The molecule has 0 radical (unpaired) electrons. The monoisotopic (exact) mass is 380 g/mol. The molecule has 1 N–H and O–H groups in total. The van der Waals surface area contributed by atoms with Gasteiger partial charge in [-0.25, -0.2) is 9.78 Å². The van der Waals surface area contributed by atoms with Gasteiger partial charge in [-0.15, -0.1) is 0 Å². The molecule has 0 amide bonds. The van der Waals surface area contributed by atoms with E-state index in [4.69, 9.17) is 0 Å². The quantitative estimate of drug-likeness (QED) is 0.447. The Morgan fingerprint density at radius 1 is 0.885 bits per heavy atom. The molecule has 2 rings (SSSR count). The lowest BCUT2D eigenvalue weighted by atomic mass is 10.1. The summed E-state index contributed by atoms with van der Waals surface area (Å²) in [6.07, 6.45) is 13.2. The van der Waals surface area contributed by atoms with Crippen LogP contribution in [0.2, 0.25) is 0 Å². The SMILES string of the molecule is CCCCCCCCCCCCSc1nc2c([nH]1)c(=O)n(C)c(=O)n2C. The number of unbranched alkanes of at least 4 members (excludes halogenated alkanes) is 9. The zero-order valence-corrected chi connectivity index (χ0v) is 17.2. The molecule has 0 aliphatic heterocycles. The summed E-state index contributed by atoms with van der Waals surface area (Å²) in [6, 6.07) is 0. The second-order valence-electron chi connectivity index (χ2n) is 6.98. The van der Waals surface area contributed by atoms with E-state index in [0.29, 0.717) is 16.3 Å². The van der Waals surface area contributed by atoms with E-state index in [0.717, 1.165) is 16.7 Å². The normalized spacial score (nSPS) is 11.5. The van der Waals surface area contributed by atoms with Crippen LogP contribution in [-0.2, 0) is 14.1 Å². The van der Waals surface area contributed by atoms with Crippen molar-refractivity contribution in [2.75, 3.05) is 5.75 Å². The van der Waals surface area contributed by atoms with E-state index in [9.17, 15) is 9.59 Å². The zero-order valence-electron chi connectivity index (χ0n) is 16.3. The molecular weight excluding hydrogens is 348 g/mol. The minimum absolute atomic E-state index is 0.318. The van der Waals surface area contributed by atoms with Crippen LogP contribution in [0.3, 0.4) is 0 Å². The highest BCUT2D eigenvalue weighted by atomic mass is 32.2. The highest BCUT2D eigenvalue weighted by molar-refractivity contribution is 7.99. The molecule has 7 heteroatoms. The van der Waals surface area contributed by atoms with Gasteiger partial charge in [-0.3, -0.25) is 13.9 Å². The predicted molar refractivity (Wildman–Crippen MR) is 109 cm³/mol. The molecule has 2 heterocycles. The number of H-pyrrole nitrogens is 1. The van der Waals surface area contributed by atoms with E-state index in [1.807, 2.05) is 0 Å². The fourth-order valence-electron chi connectivity index (χ4n) is 3.13. The van der Waals surface area contributed by atoms with Gasteiger partial charge in [-0.1, -0.05) is 76.5 Å². The van der Waals surface area contributed by atoms with E-state index in [-0.39, 0.29) is 11.2 Å². The average molecular weight is 381 g/mol. The second kappa shape index (κ2) is 10.6. The molecule has 2 aromatic heterocycles. The topological polar surface area (TPSA) is 72.7 Å². The molecule has 0 bridgehead atoms. The summed E-state index contributed by atoms with van der Waals surface area (Å²) in [7, 11) is 3.13. The minimum atomic E-state index is -0.347. The van der Waals surface area contributed by atoms with Crippen molar-refractivity contribution >= 4 is 22.9 Å². The number of hydrogen-bond donors (Lipinski definition) is 1. The average Bonchev–Trinajstić information content (AvgIpc) is 3.07. The lowest BCUT2D eigenvalue weighted by Crippen LogP contribution is -2.36. The van der Waals surface area contributed by atoms with E-state index in [2.05, 4.69) is 16.9 Å². The van der Waals surface area contributed by atoms with Crippen LogP contribution in [0.25, 0.3) is 11.2 Å². The summed E-state index contributed by atoms with van der Waals surface area (Å²) in [4.78, 5) is 31.6. The van der Waals surface area contributed by atoms with Crippen LogP contribution < -0.4 is 11.2 Å². The van der Waals surface area contributed by atoms with Gasteiger partial charge in [-0.2, -0.15) is 0 Å². The first-order valence-corrected chi connectivity index (χ1v) is 10.8. The van der Waals surface area contributed by atoms with E-state index < -0.39 is 0 Å². The van der Waals surface area contributed by atoms with Crippen molar-refractivity contribution in [3.05, 3.63) is 20.8 Å². The Morgan fingerprint density at radius 3 is 2.08 bits per heavy atom. The molecule has 6 nitrogen and oxygen atoms in total. The van der Waals surface area contributed by atoms with Crippen molar-refractivity contribution in [1.82, 2.24) is 19.1 Å². The molecule has 0 spiro atoms. The van der Waals surface area contributed by atoms with Gasteiger partial charge in [0.15, 0.2) is 16.3 Å². The summed E-state index contributed by atoms with van der Waals surface area (Å²) in [6.45, 7) is 2.25. The summed E-state index contributed by atoms with van der Waals surface area (Å²) in [5, 5.41) is 0.717. The van der Waals surface area contributed by atoms with Gasteiger partial charge >= 0.3 is 5.69 Å². The number of hydrogen-bond acceptors (Lipinski definition) is 4. The molecule has 0 saturated heterocycles. The fourth-order valence-corrected chi connectivity index (χ4v) is 4.00. The Balaban J connectivity index is 1.69. The lowest BCUT2D eigenvalue weighted by Gasteiger charge is -2.02. The first-order valence-electron chi connectivity index (χ1n) is 9.84. The highest BCUT2D eigenvalue weighted by Crippen LogP contribution is 2.19. The number of aromatic amines is 1. The van der Waals surface area contributed by atoms with Crippen LogP contribution in [0.1, 0.15) is 71.1 Å². The molecule has 0 unspecified atom stereocenters. The zero-order chi connectivity index (χ0) is 18.9. The molecule has 146 valence electrons. The molecule has 0 saturated carbocycles. The van der Waals surface area contributed by atoms with Crippen molar-refractivity contribution in [3.8, 4) is 0 Å². The third-order valence-corrected chi connectivity index (χ3v) is 5.77. The van der Waals surface area contributed by atoms with Crippen LogP contribution >= 0.6 is 11.8 Å². The lowest BCUT2D eigenvalue weighted by molar-refractivity contribution is 0.563. The molecular formula is C19H32N4O2S. The fraction of sp³-hybridized carbons (Fsp3) is 0.737. The van der Waals surface area contributed by atoms with Gasteiger partial charge in [0.1, 0.15) is 0 Å². The van der Waals surface area contributed by atoms with Crippen LogP contribution in [-0.4, -0.2) is 24.9 Å². The van der Waals surface area contributed by atoms with Crippen molar-refractivity contribution in [3.63, 3.8) is 0 Å². The first-order chi connectivity index (χ1) is 12.6. The molecule has 0 fully saturated rings. The second-order valence-corrected chi connectivity index (χ2v) is 8.06. The van der Waals surface area contributed by atoms with Crippen LogP contribution in [0.4, 0.5) is 0 Å². The van der Waals surface area contributed by atoms with Gasteiger partial charge in [-0.05, 0) is 6.42 Å². The summed E-state index contributed by atoms with van der Waals surface area (Å²) in [5.41, 5.74) is 0.172. The Bertz CT molecular complexity index is 806. The van der Waals surface area contributed by atoms with Gasteiger partial charge in [0.25, 0.3) is 5.56 Å². The number of nitrogens with zero attached hydrogens (tertiary/aromatic N) is 3. The smallest absolute Gasteiger partial charge is 0.327 e. The first kappa shape index (κ1) is 20.8. The number of aryl methyl sites for hydroxylation is 1. The Labute approximate surface area is 159 Å². The van der Waals surface area contributed by atoms with Gasteiger partial charge < -0.3 is 4.98 Å². The van der Waals surface area contributed by atoms with E-state index >= 15 is 0 Å². The summed E-state index contributed by atoms with van der Waals surface area (Å²) in [5.74, 6) is 0.977. The third kappa shape index (κ3) is 5.50. The Kier molecular flexibility index (Phi) is 8.48. The maximum Gasteiger partial charge on any atom is 0.332 e. The largest absolute Gasteiger partial charge is 0.332 e. The summed E-state index contributed by atoms with van der Waals surface area (Å²) < 4.78 is 2.52. The molecule has 0 aliphatic carbocycles. The standard InChI is InChI=1S/C19H32N4O2S/c1-4-5-6-7-8-9-10-11-12-13-14-26-18-20-15-16(21-18)22(2)19(25)23(3)17(15)24/h4-14H2,1-3H3,(H,20,21). The van der Waals surface area contributed by atoms with Crippen LogP contribution in [0.15, 0.2) is 14.7 Å². The minimum Gasteiger partial charge on any atom is -0.327 e. The van der Waals surface area contributed by atoms with Gasteiger partial charge in [0.05, 0.1) is 0 Å². The van der Waals surface area contributed by atoms with Crippen LogP contribution in [0.5, 0.6) is 0 Å². The summed E-state index contributed by atoms with van der Waals surface area (Å²) >= 11 is 1.62. The number of thioether (sulfide) groups is 1. The van der Waals surface area contributed by atoms with Gasteiger partial charge in [0.2, 0.25) is 0 Å². The van der Waals surface area contributed by atoms with Crippen molar-refractivity contribution in [2.24, 2.45) is 14.1 Å². The molecule has 0 aliphatic rings. The van der Waals surface area contributed by atoms with Crippen molar-refractivity contribution in [1.29, 1.82) is 0 Å². The maximum atomic E-state index is 12.1. The molecule has 0 atom stereocenters.